The number of anilines is 1. The van der Waals surface area contributed by atoms with Gasteiger partial charge in [0.15, 0.2) is 0 Å². The average Bonchev–Trinajstić information content (AvgIpc) is 3.04. The summed E-state index contributed by atoms with van der Waals surface area (Å²) < 4.78 is 5.13. The number of amides is 2. The second kappa shape index (κ2) is 7.95. The van der Waals surface area contributed by atoms with Gasteiger partial charge >= 0.3 is 0 Å². The molecule has 1 aromatic carbocycles. The van der Waals surface area contributed by atoms with Crippen molar-refractivity contribution < 1.29 is 14.1 Å². The van der Waals surface area contributed by atoms with Crippen molar-refractivity contribution in [2.45, 2.75) is 27.2 Å². The molecule has 1 aliphatic heterocycles. The third kappa shape index (κ3) is 3.77. The minimum atomic E-state index is -0.240. The number of aryl methyl sites for hydroxylation is 3. The molecule has 6 nitrogen and oxygen atoms in total. The molecular weight excluding hydrogens is 350 g/mol. The molecule has 7 heteroatoms. The molecule has 1 N–H and O–H groups in total. The zero-order valence-corrected chi connectivity index (χ0v) is 16.1. The highest BCUT2D eigenvalue weighted by molar-refractivity contribution is 7.99. The number of hydrogen-bond acceptors (Lipinski definition) is 5. The number of hydrogen-bond donors (Lipinski definition) is 1. The van der Waals surface area contributed by atoms with E-state index in [-0.39, 0.29) is 11.8 Å². The molecular formula is C19H23N3O3S. The summed E-state index contributed by atoms with van der Waals surface area (Å²) in [6.07, 6.45) is 0.626. The molecule has 2 heterocycles. The van der Waals surface area contributed by atoms with Crippen LogP contribution in [0, 0.1) is 13.8 Å². The Bertz CT molecular complexity index is 825. The molecule has 0 saturated carbocycles. The van der Waals surface area contributed by atoms with Gasteiger partial charge in [0, 0.05) is 35.8 Å². The maximum absolute atomic E-state index is 12.6. The zero-order chi connectivity index (χ0) is 18.7. The van der Waals surface area contributed by atoms with E-state index < -0.39 is 0 Å². The first-order valence-electron chi connectivity index (χ1n) is 8.75. The van der Waals surface area contributed by atoms with Crippen molar-refractivity contribution >= 4 is 29.3 Å². The molecule has 0 spiro atoms. The lowest BCUT2D eigenvalue weighted by atomic mass is 10.1. The standard InChI is InChI=1S/C19H23N3O3S/c1-4-15-17(13(3)25-21-15)18(23)20-16-6-5-14(11-12(16)2)19(24)22-7-9-26-10-8-22/h5-6,11H,4,7-10H2,1-3H3,(H,20,23). The summed E-state index contributed by atoms with van der Waals surface area (Å²) in [4.78, 5) is 27.1. The van der Waals surface area contributed by atoms with Gasteiger partial charge in [0.2, 0.25) is 0 Å². The van der Waals surface area contributed by atoms with Crippen molar-refractivity contribution in [1.82, 2.24) is 10.1 Å². The predicted molar refractivity (Wildman–Crippen MR) is 103 cm³/mol. The van der Waals surface area contributed by atoms with Crippen molar-refractivity contribution in [2.24, 2.45) is 0 Å². The summed E-state index contributed by atoms with van der Waals surface area (Å²) in [5.41, 5.74) is 3.32. The van der Waals surface area contributed by atoms with Crippen LogP contribution < -0.4 is 5.32 Å². The fourth-order valence-electron chi connectivity index (χ4n) is 3.02. The Balaban J connectivity index is 1.76. The number of nitrogens with zero attached hydrogens (tertiary/aromatic N) is 2. The summed E-state index contributed by atoms with van der Waals surface area (Å²) in [7, 11) is 0. The van der Waals surface area contributed by atoms with Crippen LogP contribution in [0.4, 0.5) is 5.69 Å². The Morgan fingerprint density at radius 1 is 1.27 bits per heavy atom. The Kier molecular flexibility index (Phi) is 5.66. The quantitative estimate of drug-likeness (QED) is 0.890. The number of nitrogens with one attached hydrogen (secondary N) is 1. The first kappa shape index (κ1) is 18.5. The van der Waals surface area contributed by atoms with Crippen LogP contribution in [-0.4, -0.2) is 46.5 Å². The Hall–Kier alpha value is -2.28. The summed E-state index contributed by atoms with van der Waals surface area (Å²) in [6, 6.07) is 5.39. The van der Waals surface area contributed by atoms with Crippen molar-refractivity contribution in [1.29, 1.82) is 0 Å². The molecule has 1 fully saturated rings. The summed E-state index contributed by atoms with van der Waals surface area (Å²) in [6.45, 7) is 7.12. The number of thioether (sulfide) groups is 1. The van der Waals surface area contributed by atoms with Gasteiger partial charge in [0.05, 0.1) is 5.69 Å². The second-order valence-corrected chi connectivity index (χ2v) is 7.53. The van der Waals surface area contributed by atoms with Gasteiger partial charge in [-0.3, -0.25) is 9.59 Å². The minimum Gasteiger partial charge on any atom is -0.361 e. The fraction of sp³-hybridized carbons (Fsp3) is 0.421. The van der Waals surface area contributed by atoms with Crippen LogP contribution in [0.1, 0.15) is 44.7 Å². The molecule has 0 aliphatic carbocycles. The summed E-state index contributed by atoms with van der Waals surface area (Å²) >= 11 is 1.87. The van der Waals surface area contributed by atoms with Gasteiger partial charge in [-0.2, -0.15) is 11.8 Å². The topological polar surface area (TPSA) is 75.4 Å². The van der Waals surface area contributed by atoms with Gasteiger partial charge in [-0.1, -0.05) is 12.1 Å². The molecule has 1 aromatic heterocycles. The third-order valence-electron chi connectivity index (χ3n) is 4.52. The number of carbonyl (C=O) groups is 2. The van der Waals surface area contributed by atoms with Crippen molar-refractivity contribution in [2.75, 3.05) is 29.9 Å². The largest absolute Gasteiger partial charge is 0.361 e. The van der Waals surface area contributed by atoms with Crippen LogP contribution in [0.2, 0.25) is 0 Å². The number of carbonyl (C=O) groups excluding carboxylic acids is 2. The van der Waals surface area contributed by atoms with Gasteiger partial charge in [0.25, 0.3) is 11.8 Å². The molecule has 0 radical (unpaired) electrons. The first-order valence-corrected chi connectivity index (χ1v) is 9.91. The molecule has 2 aromatic rings. The van der Waals surface area contributed by atoms with Crippen LogP contribution in [0.25, 0.3) is 0 Å². The fourth-order valence-corrected chi connectivity index (χ4v) is 3.92. The van der Waals surface area contributed by atoms with E-state index in [0.717, 1.165) is 30.2 Å². The third-order valence-corrected chi connectivity index (χ3v) is 5.46. The molecule has 0 bridgehead atoms. The van der Waals surface area contributed by atoms with E-state index in [2.05, 4.69) is 10.5 Å². The van der Waals surface area contributed by atoms with Crippen LogP contribution in [0.15, 0.2) is 22.7 Å². The van der Waals surface area contributed by atoms with Crippen molar-refractivity contribution in [3.63, 3.8) is 0 Å². The molecule has 1 saturated heterocycles. The molecule has 3 rings (SSSR count). The van der Waals surface area contributed by atoms with E-state index in [4.69, 9.17) is 4.52 Å². The molecule has 1 aliphatic rings. The van der Waals surface area contributed by atoms with Gasteiger partial charge in [-0.25, -0.2) is 0 Å². The van der Waals surface area contributed by atoms with Crippen LogP contribution in [-0.2, 0) is 6.42 Å². The van der Waals surface area contributed by atoms with Crippen LogP contribution in [0.3, 0.4) is 0 Å². The highest BCUT2D eigenvalue weighted by atomic mass is 32.2. The van der Waals surface area contributed by atoms with Crippen LogP contribution in [0.5, 0.6) is 0 Å². The predicted octanol–water partition coefficient (Wildman–Crippen LogP) is 3.30. The van der Waals surface area contributed by atoms with Crippen molar-refractivity contribution in [3.05, 3.63) is 46.3 Å². The van der Waals surface area contributed by atoms with Gasteiger partial charge < -0.3 is 14.7 Å². The molecule has 26 heavy (non-hydrogen) atoms. The average molecular weight is 373 g/mol. The summed E-state index contributed by atoms with van der Waals surface area (Å²) in [5, 5.41) is 6.83. The van der Waals surface area contributed by atoms with Gasteiger partial charge in [-0.05, 0) is 44.0 Å². The number of rotatable bonds is 4. The highest BCUT2D eigenvalue weighted by Gasteiger charge is 2.21. The van der Waals surface area contributed by atoms with Crippen molar-refractivity contribution in [3.8, 4) is 0 Å². The van der Waals surface area contributed by atoms with E-state index in [9.17, 15) is 9.59 Å². The number of benzene rings is 1. The maximum atomic E-state index is 12.6. The highest BCUT2D eigenvalue weighted by Crippen LogP contribution is 2.22. The van der Waals surface area contributed by atoms with E-state index in [0.29, 0.717) is 34.7 Å². The lowest BCUT2D eigenvalue weighted by Crippen LogP contribution is -2.37. The van der Waals surface area contributed by atoms with E-state index >= 15 is 0 Å². The van der Waals surface area contributed by atoms with Gasteiger partial charge in [-0.15, -0.1) is 0 Å². The monoisotopic (exact) mass is 373 g/mol. The Morgan fingerprint density at radius 3 is 2.65 bits per heavy atom. The Morgan fingerprint density at radius 2 is 2.00 bits per heavy atom. The molecule has 0 atom stereocenters. The van der Waals surface area contributed by atoms with E-state index in [1.54, 1.807) is 19.1 Å². The molecule has 0 unspecified atom stereocenters. The second-order valence-electron chi connectivity index (χ2n) is 6.30. The molecule has 2 amide bonds. The summed E-state index contributed by atoms with van der Waals surface area (Å²) in [5.74, 6) is 2.28. The normalized spacial score (nSPS) is 14.3. The van der Waals surface area contributed by atoms with Crippen LogP contribution >= 0.6 is 11.8 Å². The first-order chi connectivity index (χ1) is 12.5. The smallest absolute Gasteiger partial charge is 0.261 e. The minimum absolute atomic E-state index is 0.0504. The van der Waals surface area contributed by atoms with Gasteiger partial charge in [0.1, 0.15) is 11.3 Å². The maximum Gasteiger partial charge on any atom is 0.261 e. The Labute approximate surface area is 157 Å². The lowest BCUT2D eigenvalue weighted by molar-refractivity contribution is 0.0772. The number of aromatic nitrogens is 1. The van der Waals surface area contributed by atoms with E-state index in [1.807, 2.05) is 36.6 Å². The van der Waals surface area contributed by atoms with E-state index in [1.165, 1.54) is 0 Å². The zero-order valence-electron chi connectivity index (χ0n) is 15.3. The molecule has 138 valence electrons. The SMILES string of the molecule is CCc1noc(C)c1C(=O)Nc1ccc(C(=O)N2CCSCC2)cc1C. The lowest BCUT2D eigenvalue weighted by Gasteiger charge is -2.26.